The summed E-state index contributed by atoms with van der Waals surface area (Å²) in [5.41, 5.74) is 8.72. The van der Waals surface area contributed by atoms with Crippen molar-refractivity contribution in [3.05, 3.63) is 35.2 Å². The van der Waals surface area contributed by atoms with E-state index in [2.05, 4.69) is 57.3 Å². The average Bonchev–Trinajstić information content (AvgIpc) is 2.70. The summed E-state index contributed by atoms with van der Waals surface area (Å²) >= 11 is 1.83. The second-order valence-corrected chi connectivity index (χ2v) is 9.08. The van der Waals surface area contributed by atoms with E-state index < -0.39 is 0 Å². The van der Waals surface area contributed by atoms with Gasteiger partial charge in [-0.2, -0.15) is 0 Å². The molecule has 2 aromatic rings. The number of fused-ring (bicyclic) bond motifs is 1. The topological polar surface area (TPSA) is 26.0 Å². The first-order valence-corrected chi connectivity index (χ1v) is 8.35. The number of hydrogen-bond donors (Lipinski definition) is 1. The second-order valence-electron chi connectivity index (χ2n) is 8.16. The van der Waals surface area contributed by atoms with Gasteiger partial charge in [0.1, 0.15) is 0 Å². The molecule has 0 spiro atoms. The van der Waals surface area contributed by atoms with Gasteiger partial charge in [-0.25, -0.2) is 0 Å². The first-order valence-electron chi connectivity index (χ1n) is 7.47. The van der Waals surface area contributed by atoms with Gasteiger partial charge in [-0.05, 0) is 52.5 Å². The molecule has 1 aliphatic carbocycles. The Bertz CT molecular complexity index is 620. The third-order valence-electron chi connectivity index (χ3n) is 4.56. The Morgan fingerprint density at radius 1 is 0.950 bits per heavy atom. The fraction of sp³-hybridized carbons (Fsp3) is 0.556. The summed E-state index contributed by atoms with van der Waals surface area (Å²) in [6, 6.07) is 8.80. The molecule has 0 atom stereocenters. The molecule has 0 unspecified atom stereocenters. The summed E-state index contributed by atoms with van der Waals surface area (Å²) in [4.78, 5) is 0. The standard InChI is InChI=1S/C18H25NS/c1-16(2)10-17(3,4)12-18(19,11-16)14-7-5-6-13-8-9-20-15(13)14/h5-9H,10-12,19H2,1-4H3. The van der Waals surface area contributed by atoms with E-state index in [1.807, 2.05) is 11.3 Å². The number of hydrogen-bond acceptors (Lipinski definition) is 2. The minimum Gasteiger partial charge on any atom is -0.321 e. The summed E-state index contributed by atoms with van der Waals surface area (Å²) in [5, 5.41) is 3.51. The van der Waals surface area contributed by atoms with E-state index >= 15 is 0 Å². The Kier molecular flexibility index (Phi) is 3.04. The van der Waals surface area contributed by atoms with Crippen molar-refractivity contribution in [2.75, 3.05) is 0 Å². The number of nitrogens with two attached hydrogens (primary N) is 1. The van der Waals surface area contributed by atoms with Crippen molar-refractivity contribution in [2.45, 2.75) is 52.5 Å². The highest BCUT2D eigenvalue weighted by atomic mass is 32.1. The lowest BCUT2D eigenvalue weighted by atomic mass is 9.57. The fourth-order valence-electron chi connectivity index (χ4n) is 4.77. The molecule has 2 N–H and O–H groups in total. The molecule has 20 heavy (non-hydrogen) atoms. The second kappa shape index (κ2) is 4.32. The molecule has 1 nitrogen and oxygen atoms in total. The van der Waals surface area contributed by atoms with Crippen LogP contribution in [-0.4, -0.2) is 0 Å². The summed E-state index contributed by atoms with van der Waals surface area (Å²) < 4.78 is 1.38. The molecule has 0 aliphatic heterocycles. The Balaban J connectivity index is 2.14. The van der Waals surface area contributed by atoms with Crippen molar-refractivity contribution in [2.24, 2.45) is 16.6 Å². The van der Waals surface area contributed by atoms with Gasteiger partial charge in [0, 0.05) is 10.2 Å². The Morgan fingerprint density at radius 2 is 1.60 bits per heavy atom. The van der Waals surface area contributed by atoms with Crippen LogP contribution in [0.25, 0.3) is 10.1 Å². The highest BCUT2D eigenvalue weighted by Gasteiger charge is 2.46. The van der Waals surface area contributed by atoms with Crippen LogP contribution in [0.3, 0.4) is 0 Å². The molecule has 2 heteroatoms. The minimum atomic E-state index is -0.199. The first-order chi connectivity index (χ1) is 9.21. The lowest BCUT2D eigenvalue weighted by molar-refractivity contribution is 0.0478. The number of rotatable bonds is 1. The van der Waals surface area contributed by atoms with E-state index in [0.29, 0.717) is 10.8 Å². The van der Waals surface area contributed by atoms with Crippen LogP contribution in [-0.2, 0) is 5.54 Å². The molecule has 0 bridgehead atoms. The van der Waals surface area contributed by atoms with Crippen molar-refractivity contribution in [1.82, 2.24) is 0 Å². The van der Waals surface area contributed by atoms with Crippen molar-refractivity contribution in [3.8, 4) is 0 Å². The molecule has 1 saturated carbocycles. The molecule has 1 heterocycles. The maximum Gasteiger partial charge on any atom is 0.0434 e. The van der Waals surface area contributed by atoms with Crippen molar-refractivity contribution < 1.29 is 0 Å². The Labute approximate surface area is 126 Å². The van der Waals surface area contributed by atoms with Crippen LogP contribution in [0, 0.1) is 10.8 Å². The van der Waals surface area contributed by atoms with Crippen LogP contribution in [0.4, 0.5) is 0 Å². The van der Waals surface area contributed by atoms with Crippen LogP contribution in [0.2, 0.25) is 0 Å². The van der Waals surface area contributed by atoms with E-state index in [9.17, 15) is 0 Å². The average molecular weight is 287 g/mol. The minimum absolute atomic E-state index is 0.199. The van der Waals surface area contributed by atoms with Crippen LogP contribution < -0.4 is 5.73 Å². The molecule has 1 aromatic carbocycles. The van der Waals surface area contributed by atoms with Gasteiger partial charge < -0.3 is 5.73 Å². The van der Waals surface area contributed by atoms with Crippen molar-refractivity contribution in [1.29, 1.82) is 0 Å². The van der Waals surface area contributed by atoms with Gasteiger partial charge in [-0.15, -0.1) is 11.3 Å². The molecule has 1 aliphatic rings. The van der Waals surface area contributed by atoms with Crippen LogP contribution >= 0.6 is 11.3 Å². The van der Waals surface area contributed by atoms with Crippen molar-refractivity contribution in [3.63, 3.8) is 0 Å². The molecule has 1 aromatic heterocycles. The Hall–Kier alpha value is -0.860. The lowest BCUT2D eigenvalue weighted by Crippen LogP contribution is -2.49. The SMILES string of the molecule is CC1(C)CC(C)(C)CC(N)(c2cccc3ccsc23)C1. The zero-order valence-corrected chi connectivity index (χ0v) is 13.8. The maximum absolute atomic E-state index is 6.96. The van der Waals surface area contributed by atoms with Gasteiger partial charge in [-0.3, -0.25) is 0 Å². The van der Waals surface area contributed by atoms with E-state index in [0.717, 1.165) is 12.8 Å². The quantitative estimate of drug-likeness (QED) is 0.757. The van der Waals surface area contributed by atoms with Gasteiger partial charge in [0.05, 0.1) is 0 Å². The summed E-state index contributed by atoms with van der Waals surface area (Å²) in [5.74, 6) is 0. The van der Waals surface area contributed by atoms with Crippen LogP contribution in [0.1, 0.15) is 52.5 Å². The molecule has 0 amide bonds. The third-order valence-corrected chi connectivity index (χ3v) is 5.52. The fourth-order valence-corrected chi connectivity index (χ4v) is 5.79. The monoisotopic (exact) mass is 287 g/mol. The smallest absolute Gasteiger partial charge is 0.0434 e. The molecular weight excluding hydrogens is 262 g/mol. The van der Waals surface area contributed by atoms with Gasteiger partial charge in [0.25, 0.3) is 0 Å². The molecule has 1 fully saturated rings. The molecule has 0 radical (unpaired) electrons. The number of benzene rings is 1. The third kappa shape index (κ3) is 2.40. The van der Waals surface area contributed by atoms with E-state index in [-0.39, 0.29) is 5.54 Å². The van der Waals surface area contributed by atoms with Crippen molar-refractivity contribution >= 4 is 21.4 Å². The van der Waals surface area contributed by atoms with E-state index in [1.54, 1.807) is 0 Å². The van der Waals surface area contributed by atoms with Gasteiger partial charge in [0.15, 0.2) is 0 Å². The highest BCUT2D eigenvalue weighted by molar-refractivity contribution is 7.17. The molecule has 3 rings (SSSR count). The van der Waals surface area contributed by atoms with Gasteiger partial charge in [-0.1, -0.05) is 45.9 Å². The first kappa shape index (κ1) is 14.1. The predicted octanol–water partition coefficient (Wildman–Crippen LogP) is 5.29. The summed E-state index contributed by atoms with van der Waals surface area (Å²) in [6.07, 6.45) is 3.39. The molecule has 108 valence electrons. The lowest BCUT2D eigenvalue weighted by Gasteiger charge is -2.50. The normalized spacial score (nSPS) is 23.9. The zero-order valence-electron chi connectivity index (χ0n) is 13.0. The maximum atomic E-state index is 6.96. The summed E-state index contributed by atoms with van der Waals surface area (Å²) in [7, 11) is 0. The van der Waals surface area contributed by atoms with E-state index in [4.69, 9.17) is 5.73 Å². The van der Waals surface area contributed by atoms with Gasteiger partial charge in [0.2, 0.25) is 0 Å². The largest absolute Gasteiger partial charge is 0.321 e. The molecule has 0 saturated heterocycles. The zero-order chi connectivity index (χ0) is 14.6. The summed E-state index contributed by atoms with van der Waals surface area (Å²) in [6.45, 7) is 9.46. The number of thiophene rings is 1. The van der Waals surface area contributed by atoms with Crippen LogP contribution in [0.5, 0.6) is 0 Å². The van der Waals surface area contributed by atoms with E-state index in [1.165, 1.54) is 22.1 Å². The molecular formula is C18H25NS. The highest BCUT2D eigenvalue weighted by Crippen LogP contribution is 2.53. The predicted molar refractivity (Wildman–Crippen MR) is 89.1 cm³/mol. The van der Waals surface area contributed by atoms with Crippen LogP contribution in [0.15, 0.2) is 29.6 Å². The Morgan fingerprint density at radius 3 is 2.25 bits per heavy atom. The van der Waals surface area contributed by atoms with Gasteiger partial charge >= 0.3 is 0 Å².